The summed E-state index contributed by atoms with van der Waals surface area (Å²) in [5, 5.41) is 11.4. The van der Waals surface area contributed by atoms with Gasteiger partial charge in [-0.15, -0.1) is 0 Å². The van der Waals surface area contributed by atoms with Gasteiger partial charge in [0.2, 0.25) is 0 Å². The van der Waals surface area contributed by atoms with Crippen LogP contribution in [-0.2, 0) is 32.8 Å². The molecule has 0 aliphatic carbocycles. The van der Waals surface area contributed by atoms with Crippen molar-refractivity contribution in [3.8, 4) is 0 Å². The second-order valence-corrected chi connectivity index (χ2v) is 32.3. The number of carbonyl (C=O) groups is 8. The van der Waals surface area contributed by atoms with Gasteiger partial charge in [-0.05, 0) is 129 Å². The Hall–Kier alpha value is -9.32. The number of thioether (sulfide) groups is 2. The fraction of sp³-hybridized carbons (Fsp3) is 0.263. The average molecular weight is 1360 g/mol. The van der Waals surface area contributed by atoms with E-state index >= 15 is 0 Å². The molecule has 8 aromatic carbocycles. The number of aliphatic hydroxyl groups is 1. The van der Waals surface area contributed by atoms with E-state index in [2.05, 4.69) is 33.9 Å². The maximum Gasteiger partial charge on any atom is 0.338 e. The number of hydrogen-bond donors (Lipinski definition) is 1. The van der Waals surface area contributed by atoms with Crippen LogP contribution in [0, 0.1) is 13.8 Å². The van der Waals surface area contributed by atoms with Gasteiger partial charge >= 0.3 is 23.9 Å². The number of carbonyl (C=O) groups excluding carboxylic acids is 8. The lowest BCUT2D eigenvalue weighted by molar-refractivity contribution is -0.183. The van der Waals surface area contributed by atoms with Crippen LogP contribution in [0.3, 0.4) is 0 Å². The van der Waals surface area contributed by atoms with E-state index in [4.69, 9.17) is 32.8 Å². The first kappa shape index (κ1) is 69.0. The average Bonchev–Trinajstić information content (AvgIpc) is 1.67. The van der Waals surface area contributed by atoms with E-state index < -0.39 is 115 Å². The predicted octanol–water partition coefficient (Wildman–Crippen LogP) is 12.9. The minimum absolute atomic E-state index is 0.197. The van der Waals surface area contributed by atoms with Crippen LogP contribution in [0.15, 0.2) is 228 Å². The number of fused-ring (bicyclic) bond motifs is 2. The molecule has 0 spiro atoms. The van der Waals surface area contributed by atoms with Gasteiger partial charge in [-0.2, -0.15) is 0 Å². The summed E-state index contributed by atoms with van der Waals surface area (Å²) >= 11 is 2.50. The smallest absolute Gasteiger partial charge is 0.338 e. The normalized spacial score (nSPS) is 22.1. The van der Waals surface area contributed by atoms with Crippen molar-refractivity contribution in [1.82, 2.24) is 9.80 Å². The van der Waals surface area contributed by atoms with E-state index in [1.807, 2.05) is 68.4 Å². The second-order valence-electron chi connectivity index (χ2n) is 25.2. The molecule has 12 rings (SSSR count). The maximum atomic E-state index is 14.3. The highest BCUT2D eigenvalue weighted by Gasteiger charge is 2.59. The molecule has 4 heterocycles. The van der Waals surface area contributed by atoms with Gasteiger partial charge in [0, 0.05) is 9.79 Å². The molecule has 0 bridgehead atoms. The van der Waals surface area contributed by atoms with E-state index in [-0.39, 0.29) is 51.6 Å². The summed E-state index contributed by atoms with van der Waals surface area (Å²) in [4.78, 5) is 113. The topological polar surface area (TPSA) is 228 Å². The third kappa shape index (κ3) is 15.4. The number of nitrogens with zero attached hydrogens (tertiary/aromatic N) is 2. The van der Waals surface area contributed by atoms with Crippen LogP contribution < -0.4 is 0 Å². The lowest BCUT2D eigenvalue weighted by atomic mass is 9.96. The highest BCUT2D eigenvalue weighted by molar-refractivity contribution is 8.00. The quantitative estimate of drug-likeness (QED) is 0.0364. The van der Waals surface area contributed by atoms with Crippen molar-refractivity contribution in [3.63, 3.8) is 0 Å². The number of ether oxygens (including phenoxy) is 6. The van der Waals surface area contributed by atoms with E-state index in [0.29, 0.717) is 11.1 Å². The summed E-state index contributed by atoms with van der Waals surface area (Å²) in [6.45, 7) is 13.6. The molecule has 18 nitrogen and oxygen atoms in total. The summed E-state index contributed by atoms with van der Waals surface area (Å²) < 4.78 is 44.1. The number of hydrogen-bond acceptors (Lipinski definition) is 18. The zero-order valence-electron chi connectivity index (χ0n) is 54.3. The molecule has 21 heteroatoms. The van der Waals surface area contributed by atoms with Gasteiger partial charge in [0.05, 0.1) is 44.5 Å². The minimum Gasteiger partial charge on any atom is -0.459 e. The number of amides is 4. The third-order valence-corrected chi connectivity index (χ3v) is 24.4. The Bertz CT molecular complexity index is 4110. The summed E-state index contributed by atoms with van der Waals surface area (Å²) in [6, 6.07) is 59.7. The molecule has 10 atom stereocenters. The van der Waals surface area contributed by atoms with Gasteiger partial charge in [0.1, 0.15) is 60.6 Å². The molecule has 2 saturated heterocycles. The summed E-state index contributed by atoms with van der Waals surface area (Å²) in [7, 11) is -2.70. The fourth-order valence-corrected chi connectivity index (χ4v) is 15.0. The van der Waals surface area contributed by atoms with Crippen LogP contribution in [0.25, 0.3) is 0 Å². The largest absolute Gasteiger partial charge is 0.459 e. The zero-order valence-corrected chi connectivity index (χ0v) is 56.9. The lowest BCUT2D eigenvalue weighted by Gasteiger charge is -2.51. The van der Waals surface area contributed by atoms with Crippen molar-refractivity contribution in [2.24, 2.45) is 0 Å². The number of benzene rings is 8. The van der Waals surface area contributed by atoms with Gasteiger partial charge < -0.3 is 38.0 Å². The second kappa shape index (κ2) is 30.0. The standard InChI is InChI=1S/C41H43NO8SSi.C35H29NO8S/c1-26-21-23-29(24-22-26)51-40-33(42-36(43)30-19-13-14-20-31(30)37(42)44)35(49-39(46)28-17-11-8-12-18-28)34(50-52(5,6)41(2,3)4)32(48-40)25-47-38(45)27-15-9-7-10-16-27;1-21-16-18-24(19-17-21)45-35-28(36-31(38)25-14-8-9-15-26(25)32(36)39)30(44-34(41)23-12-6-3-7-13-23)29(37)27(43-35)20-42-33(40)22-10-4-2-5-11-22/h7-24,32-35,40H,25H2,1-6H3;2-19,27-30,35,37H,20H2,1H3. The van der Waals surface area contributed by atoms with Crippen LogP contribution in [0.4, 0.5) is 0 Å². The van der Waals surface area contributed by atoms with Crippen molar-refractivity contribution in [2.75, 3.05) is 13.2 Å². The van der Waals surface area contributed by atoms with Crippen LogP contribution in [0.2, 0.25) is 18.1 Å². The number of aryl methyl sites for hydroxylation is 2. The molecule has 8 aromatic rings. The third-order valence-electron chi connectivity index (χ3n) is 17.6. The fourth-order valence-electron chi connectivity index (χ4n) is 11.4. The number of rotatable bonds is 18. The lowest BCUT2D eigenvalue weighted by Crippen LogP contribution is -2.68. The predicted molar refractivity (Wildman–Crippen MR) is 366 cm³/mol. The van der Waals surface area contributed by atoms with Gasteiger partial charge in [-0.3, -0.25) is 29.0 Å². The molecule has 1 N–H and O–H groups in total. The van der Waals surface area contributed by atoms with E-state index in [9.17, 15) is 43.5 Å². The molecule has 0 aromatic heterocycles. The first-order chi connectivity index (χ1) is 46.6. The van der Waals surface area contributed by atoms with Crippen LogP contribution >= 0.6 is 23.5 Å². The van der Waals surface area contributed by atoms with E-state index in [1.54, 1.807) is 164 Å². The Morgan fingerprint density at radius 2 is 0.742 bits per heavy atom. The molecule has 10 unspecified atom stereocenters. The van der Waals surface area contributed by atoms with E-state index in [1.165, 1.54) is 23.5 Å². The molecule has 0 saturated carbocycles. The highest BCUT2D eigenvalue weighted by atomic mass is 32.2. The Balaban J connectivity index is 0.000000199. The van der Waals surface area contributed by atoms with E-state index in [0.717, 1.165) is 30.7 Å². The van der Waals surface area contributed by atoms with Crippen molar-refractivity contribution in [1.29, 1.82) is 0 Å². The Kier molecular flexibility index (Phi) is 21.3. The number of aliphatic hydroxyl groups excluding tert-OH is 1. The van der Waals surface area contributed by atoms with Gasteiger partial charge in [-0.1, -0.05) is 177 Å². The molecule has 498 valence electrons. The summed E-state index contributed by atoms with van der Waals surface area (Å²) in [5.41, 5.74) is 2.16. The minimum atomic E-state index is -2.70. The van der Waals surface area contributed by atoms with Crippen LogP contribution in [-0.4, -0.2) is 144 Å². The molecular weight excluding hydrogens is 1290 g/mol. The molecular formula is C76H72N2O16S2Si. The summed E-state index contributed by atoms with van der Waals surface area (Å²) in [5.74, 6) is -4.85. The Labute approximate surface area is 571 Å². The number of esters is 4. The molecule has 0 radical (unpaired) electrons. The van der Waals surface area contributed by atoms with Gasteiger partial charge in [-0.25, -0.2) is 19.2 Å². The first-order valence-corrected chi connectivity index (χ1v) is 36.3. The van der Waals surface area contributed by atoms with Crippen molar-refractivity contribution in [2.45, 2.75) is 122 Å². The Morgan fingerprint density at radius 3 is 1.10 bits per heavy atom. The monoisotopic (exact) mass is 1360 g/mol. The van der Waals surface area contributed by atoms with Gasteiger partial charge in [0.15, 0.2) is 20.5 Å². The highest BCUT2D eigenvalue weighted by Crippen LogP contribution is 2.46. The van der Waals surface area contributed by atoms with Crippen molar-refractivity contribution in [3.05, 3.63) is 274 Å². The first-order valence-electron chi connectivity index (χ1n) is 31.6. The van der Waals surface area contributed by atoms with Crippen molar-refractivity contribution >= 4 is 79.3 Å². The molecule has 4 aliphatic heterocycles. The maximum absolute atomic E-state index is 14.3. The van der Waals surface area contributed by atoms with Crippen LogP contribution in [0.5, 0.6) is 0 Å². The molecule has 2 fully saturated rings. The van der Waals surface area contributed by atoms with Crippen LogP contribution in [0.1, 0.15) is 115 Å². The molecule has 97 heavy (non-hydrogen) atoms. The summed E-state index contributed by atoms with van der Waals surface area (Å²) in [6.07, 6.45) is -7.39. The molecule has 4 amide bonds. The SMILES string of the molecule is Cc1ccc(SC2OC(COC(=O)c3ccccc3)C(O)C(OC(=O)c3ccccc3)C2N2C(=O)c3ccccc3C2=O)cc1.Cc1ccc(SC2OC(COC(=O)c3ccccc3)C(O[Si](C)(C)C(C)(C)C)C(OC(=O)c3ccccc3)C2N2C(=O)c3ccccc3C2=O)cc1. The van der Waals surface area contributed by atoms with Gasteiger partial charge in [0.25, 0.3) is 23.6 Å². The zero-order chi connectivity index (χ0) is 68.7. The number of imide groups is 2. The van der Waals surface area contributed by atoms with Crippen molar-refractivity contribution < 1.29 is 76.3 Å². The Morgan fingerprint density at radius 1 is 0.433 bits per heavy atom. The molecule has 4 aliphatic rings.